The van der Waals surface area contributed by atoms with Gasteiger partial charge in [0.05, 0.1) is 11.1 Å². The summed E-state index contributed by atoms with van der Waals surface area (Å²) in [6, 6.07) is 64.6. The van der Waals surface area contributed by atoms with Gasteiger partial charge in [-0.3, -0.25) is 0 Å². The zero-order valence-electron chi connectivity index (χ0n) is 40.6. The Morgan fingerprint density at radius 1 is 0.343 bits per heavy atom. The summed E-state index contributed by atoms with van der Waals surface area (Å²) in [5.41, 5.74) is 16.6. The van der Waals surface area contributed by atoms with Crippen LogP contribution in [0, 0.1) is 11.6 Å². The quantitative estimate of drug-likeness (QED) is 0.153. The Morgan fingerprint density at radius 3 is 1.10 bits per heavy atom. The van der Waals surface area contributed by atoms with Gasteiger partial charge in [0.15, 0.2) is 0 Å². The summed E-state index contributed by atoms with van der Waals surface area (Å²) >= 11 is 0. The largest absolute Gasteiger partial charge is 0.334 e. The Labute approximate surface area is 411 Å². The summed E-state index contributed by atoms with van der Waals surface area (Å²) in [6.07, 6.45) is 9.14. The van der Waals surface area contributed by atoms with Gasteiger partial charge in [-0.05, 0) is 202 Å². The molecule has 4 heteroatoms. The zero-order chi connectivity index (χ0) is 47.6. The maximum atomic E-state index is 14.3. The Morgan fingerprint density at radius 2 is 0.700 bits per heavy atom. The highest BCUT2D eigenvalue weighted by Gasteiger charge is 2.59. The minimum Gasteiger partial charge on any atom is -0.334 e. The van der Waals surface area contributed by atoms with Crippen LogP contribution in [-0.4, -0.2) is 11.1 Å². The number of hydrogen-bond acceptors (Lipinski definition) is 2. The lowest BCUT2D eigenvalue weighted by atomic mass is 9.61. The van der Waals surface area contributed by atoms with Crippen LogP contribution in [0.1, 0.15) is 90.2 Å². The number of hydrogen-bond donors (Lipinski definition) is 0. The monoisotopic (exact) mass is 916 g/mol. The Kier molecular flexibility index (Phi) is 9.67. The van der Waals surface area contributed by atoms with E-state index in [1.165, 1.54) is 114 Å². The van der Waals surface area contributed by atoms with Crippen molar-refractivity contribution in [3.63, 3.8) is 0 Å². The van der Waals surface area contributed by atoms with Crippen molar-refractivity contribution in [2.75, 3.05) is 9.80 Å². The smallest absolute Gasteiger partial charge is 0.123 e. The molecule has 2 saturated carbocycles. The van der Waals surface area contributed by atoms with Crippen LogP contribution in [0.4, 0.5) is 31.5 Å². The lowest BCUT2D eigenvalue weighted by Crippen LogP contribution is -2.54. The topological polar surface area (TPSA) is 6.48 Å². The molecule has 70 heavy (non-hydrogen) atoms. The maximum absolute atomic E-state index is 14.3. The molecule has 4 unspecified atom stereocenters. The third-order valence-corrected chi connectivity index (χ3v) is 18.3. The highest BCUT2D eigenvalue weighted by Crippen LogP contribution is 2.63. The van der Waals surface area contributed by atoms with E-state index in [4.69, 9.17) is 0 Å². The first-order valence-corrected chi connectivity index (χ1v) is 25.6. The molecule has 0 aromatic heterocycles. The number of nitrogens with zero attached hydrogens (tertiary/aromatic N) is 2. The zero-order valence-corrected chi connectivity index (χ0v) is 40.6. The first-order chi connectivity index (χ1) is 34.0. The van der Waals surface area contributed by atoms with Gasteiger partial charge in [0, 0.05) is 33.6 Å². The van der Waals surface area contributed by atoms with E-state index in [2.05, 4.69) is 171 Å². The van der Waals surface area contributed by atoms with Crippen LogP contribution in [-0.2, 0) is 10.8 Å². The fraction of sp³-hybridized carbons (Fsp3) is 0.242. The molecular formula is C66H58F2N2. The lowest BCUT2D eigenvalue weighted by molar-refractivity contribution is 0.195. The summed E-state index contributed by atoms with van der Waals surface area (Å²) < 4.78 is 28.6. The van der Waals surface area contributed by atoms with Crippen LogP contribution in [0.25, 0.3) is 66.1 Å². The molecule has 4 aliphatic rings. The number of rotatable bonds is 6. The fourth-order valence-electron chi connectivity index (χ4n) is 14.2. The van der Waals surface area contributed by atoms with E-state index in [-0.39, 0.29) is 33.5 Å². The molecule has 2 aliphatic heterocycles. The van der Waals surface area contributed by atoms with Crippen molar-refractivity contribution in [2.24, 2.45) is 0 Å². The maximum Gasteiger partial charge on any atom is 0.123 e. The van der Waals surface area contributed by atoms with Crippen molar-refractivity contribution in [3.8, 4) is 44.5 Å². The third-order valence-electron chi connectivity index (χ3n) is 18.3. The van der Waals surface area contributed by atoms with E-state index in [9.17, 15) is 8.78 Å². The minimum atomic E-state index is -0.206. The van der Waals surface area contributed by atoms with Crippen LogP contribution in [0.15, 0.2) is 182 Å². The normalized spacial score (nSPS) is 23.6. The second-order valence-corrected chi connectivity index (χ2v) is 21.7. The summed E-state index contributed by atoms with van der Waals surface area (Å²) in [6.45, 7) is 9.80. The van der Waals surface area contributed by atoms with Crippen molar-refractivity contribution in [3.05, 3.63) is 205 Å². The summed E-state index contributed by atoms with van der Waals surface area (Å²) in [4.78, 5) is 5.04. The Bertz CT molecular complexity index is 3290. The standard InChI is InChI=1S/C66H58F2N2/c1-63-35-11-13-37-65(63,3)69(51-27-23-49(67)24-28-51)59-33-21-47(41-57(59)63)45-19-31-53-55(39-45)61(43-15-7-5-8-16-43)54-32-20-46(40-56(54)62(53)44-17-9-6-10-18-44)48-22-34-60-58(42-48)64(2)36-12-14-38-66(64,4)70(60)52-29-25-50(68)26-30-52/h5-10,15-34,39-42H,11-14,35-38H2,1-4H3. The van der Waals surface area contributed by atoms with Crippen LogP contribution < -0.4 is 9.80 Å². The first-order valence-electron chi connectivity index (χ1n) is 25.6. The average Bonchev–Trinajstić information content (AvgIpc) is 3.73. The Balaban J connectivity index is 0.999. The van der Waals surface area contributed by atoms with Gasteiger partial charge in [0.1, 0.15) is 11.6 Å². The molecular weight excluding hydrogens is 859 g/mol. The summed E-state index contributed by atoms with van der Waals surface area (Å²) in [5, 5.41) is 4.91. The highest BCUT2D eigenvalue weighted by molar-refractivity contribution is 6.22. The summed E-state index contributed by atoms with van der Waals surface area (Å²) in [5.74, 6) is -0.413. The molecule has 0 radical (unpaired) electrons. The molecule has 2 fully saturated rings. The third kappa shape index (κ3) is 6.14. The van der Waals surface area contributed by atoms with Crippen LogP contribution in [0.2, 0.25) is 0 Å². The molecule has 0 saturated heterocycles. The van der Waals surface area contributed by atoms with Crippen molar-refractivity contribution in [1.29, 1.82) is 0 Å². The number of halogens is 2. The molecule has 0 N–H and O–H groups in total. The summed E-state index contributed by atoms with van der Waals surface area (Å²) in [7, 11) is 0. The van der Waals surface area contributed by atoms with Gasteiger partial charge < -0.3 is 9.80 Å². The van der Waals surface area contributed by atoms with Gasteiger partial charge in [-0.1, -0.05) is 137 Å². The van der Waals surface area contributed by atoms with Crippen molar-refractivity contribution < 1.29 is 8.78 Å². The van der Waals surface area contributed by atoms with Gasteiger partial charge in [-0.15, -0.1) is 0 Å². The Hall–Kier alpha value is -7.04. The van der Waals surface area contributed by atoms with Gasteiger partial charge in [0.2, 0.25) is 0 Å². The predicted octanol–water partition coefficient (Wildman–Crippen LogP) is 18.4. The molecule has 0 spiro atoms. The lowest BCUT2D eigenvalue weighted by Gasteiger charge is -2.50. The first kappa shape index (κ1) is 43.0. The molecule has 0 bridgehead atoms. The second-order valence-electron chi connectivity index (χ2n) is 21.7. The molecule has 2 heterocycles. The number of fused-ring (bicyclic) bond motifs is 8. The molecule has 346 valence electrons. The number of anilines is 4. The van der Waals surface area contributed by atoms with E-state index < -0.39 is 0 Å². The molecule has 4 atom stereocenters. The predicted molar refractivity (Wildman–Crippen MR) is 289 cm³/mol. The fourth-order valence-corrected chi connectivity index (χ4v) is 14.2. The van der Waals surface area contributed by atoms with Gasteiger partial charge in [-0.2, -0.15) is 0 Å². The van der Waals surface area contributed by atoms with Crippen LogP contribution in [0.5, 0.6) is 0 Å². The van der Waals surface area contributed by atoms with Crippen molar-refractivity contribution in [1.82, 2.24) is 0 Å². The molecule has 2 aliphatic carbocycles. The highest BCUT2D eigenvalue weighted by atomic mass is 19.1. The van der Waals surface area contributed by atoms with Crippen LogP contribution >= 0.6 is 0 Å². The van der Waals surface area contributed by atoms with E-state index in [0.717, 1.165) is 37.1 Å². The van der Waals surface area contributed by atoms with E-state index in [1.807, 2.05) is 24.3 Å². The molecule has 9 aromatic carbocycles. The molecule has 0 amide bonds. The van der Waals surface area contributed by atoms with Crippen molar-refractivity contribution in [2.45, 2.75) is 101 Å². The van der Waals surface area contributed by atoms with Gasteiger partial charge >= 0.3 is 0 Å². The second kappa shape index (κ2) is 15.7. The van der Waals surface area contributed by atoms with Crippen LogP contribution in [0.3, 0.4) is 0 Å². The van der Waals surface area contributed by atoms with E-state index >= 15 is 0 Å². The van der Waals surface area contributed by atoms with E-state index in [1.54, 1.807) is 24.3 Å². The van der Waals surface area contributed by atoms with Gasteiger partial charge in [0.25, 0.3) is 0 Å². The minimum absolute atomic E-state index is 0.0694. The van der Waals surface area contributed by atoms with Gasteiger partial charge in [-0.25, -0.2) is 8.78 Å². The van der Waals surface area contributed by atoms with E-state index in [0.29, 0.717) is 0 Å². The molecule has 9 aromatic rings. The average molecular weight is 917 g/mol. The molecule has 2 nitrogen and oxygen atoms in total. The molecule has 13 rings (SSSR count). The number of benzene rings is 9. The SMILES string of the molecule is CC12CCCCC1(C)N(c1ccc(F)cc1)c1ccc(-c3ccc4c(-c5ccccc5)c5cc(-c6ccc7c(c6)C6(C)CCCCC6(C)N7c6ccc(F)cc6)ccc5c(-c5ccccc5)c4c3)cc12. The van der Waals surface area contributed by atoms with Crippen molar-refractivity contribution >= 4 is 44.3 Å².